The fourth-order valence-electron chi connectivity index (χ4n) is 2.81. The van der Waals surface area contributed by atoms with Crippen LogP contribution in [-0.2, 0) is 9.59 Å². The average molecular weight is 403 g/mol. The number of nitrogens with one attached hydrogen (secondary N) is 1. The van der Waals surface area contributed by atoms with E-state index < -0.39 is 6.10 Å². The number of rotatable bonds is 3. The first-order valence-corrected chi connectivity index (χ1v) is 8.84. The lowest BCUT2D eigenvalue weighted by atomic mass is 10.1. The van der Waals surface area contributed by atoms with Gasteiger partial charge in [-0.05, 0) is 36.8 Å². The average Bonchev–Trinajstić information content (AvgIpc) is 2.61. The Bertz CT molecular complexity index is 792. The Morgan fingerprint density at radius 3 is 2.56 bits per heavy atom. The summed E-state index contributed by atoms with van der Waals surface area (Å²) < 4.78 is 6.80. The molecule has 0 saturated carbocycles. The number of hydrogen-bond donors (Lipinski definition) is 1. The van der Waals surface area contributed by atoms with Crippen LogP contribution in [0.5, 0.6) is 5.75 Å². The third-order valence-corrected chi connectivity index (χ3v) is 4.70. The van der Waals surface area contributed by atoms with Gasteiger partial charge in [-0.3, -0.25) is 9.59 Å². The van der Waals surface area contributed by atoms with Gasteiger partial charge in [0, 0.05) is 11.4 Å². The molecule has 2 aromatic rings. The number of anilines is 1. The van der Waals surface area contributed by atoms with E-state index in [9.17, 15) is 9.59 Å². The standard InChI is InChI=1S/C19H19BrN2O3/c1-12(14-7-9-15(20)10-8-14)21-19(24)18-11-22(13(2)23)16-5-3-4-6-17(16)25-18/h3-10,12,18H,11H2,1-2H3,(H,21,24). The zero-order valence-corrected chi connectivity index (χ0v) is 15.6. The van der Waals surface area contributed by atoms with Crippen LogP contribution in [0, 0.1) is 0 Å². The van der Waals surface area contributed by atoms with Gasteiger partial charge in [-0.25, -0.2) is 0 Å². The second kappa shape index (κ2) is 7.27. The molecule has 0 radical (unpaired) electrons. The Labute approximate surface area is 155 Å². The lowest BCUT2D eigenvalue weighted by Gasteiger charge is -2.34. The molecule has 1 N–H and O–H groups in total. The van der Waals surface area contributed by atoms with E-state index in [0.717, 1.165) is 10.0 Å². The molecule has 2 aromatic carbocycles. The van der Waals surface area contributed by atoms with Crippen LogP contribution < -0.4 is 15.0 Å². The van der Waals surface area contributed by atoms with Gasteiger partial charge in [0.05, 0.1) is 18.3 Å². The van der Waals surface area contributed by atoms with E-state index in [1.54, 1.807) is 11.0 Å². The number of carbonyl (C=O) groups is 2. The van der Waals surface area contributed by atoms with Gasteiger partial charge in [0.15, 0.2) is 6.10 Å². The summed E-state index contributed by atoms with van der Waals surface area (Å²) in [5.74, 6) is 0.186. The van der Waals surface area contributed by atoms with Crippen molar-refractivity contribution in [2.45, 2.75) is 26.0 Å². The lowest BCUT2D eigenvalue weighted by molar-refractivity contribution is -0.129. The Morgan fingerprint density at radius 2 is 1.88 bits per heavy atom. The van der Waals surface area contributed by atoms with Crippen molar-refractivity contribution in [1.29, 1.82) is 0 Å². The molecule has 6 heteroatoms. The summed E-state index contributed by atoms with van der Waals surface area (Å²) in [7, 11) is 0. The molecule has 0 saturated heterocycles. The first kappa shape index (κ1) is 17.5. The zero-order chi connectivity index (χ0) is 18.0. The van der Waals surface area contributed by atoms with Gasteiger partial charge < -0.3 is 15.0 Å². The van der Waals surface area contributed by atoms with E-state index in [0.29, 0.717) is 11.4 Å². The summed E-state index contributed by atoms with van der Waals surface area (Å²) in [5.41, 5.74) is 1.69. The maximum atomic E-state index is 12.6. The minimum Gasteiger partial charge on any atom is -0.477 e. The van der Waals surface area contributed by atoms with Crippen molar-refractivity contribution in [3.63, 3.8) is 0 Å². The molecule has 5 nitrogen and oxygen atoms in total. The van der Waals surface area contributed by atoms with Crippen LogP contribution in [0.2, 0.25) is 0 Å². The van der Waals surface area contributed by atoms with Crippen molar-refractivity contribution in [1.82, 2.24) is 5.32 Å². The third-order valence-electron chi connectivity index (χ3n) is 4.17. The highest BCUT2D eigenvalue weighted by Crippen LogP contribution is 2.33. The summed E-state index contributed by atoms with van der Waals surface area (Å²) in [6, 6.07) is 14.9. The molecule has 0 fully saturated rings. The molecule has 130 valence electrons. The number of benzene rings is 2. The van der Waals surface area contributed by atoms with Crippen LogP contribution in [0.15, 0.2) is 53.0 Å². The highest BCUT2D eigenvalue weighted by molar-refractivity contribution is 9.10. The fraction of sp³-hybridized carbons (Fsp3) is 0.263. The predicted octanol–water partition coefficient (Wildman–Crippen LogP) is 3.44. The van der Waals surface area contributed by atoms with Gasteiger partial charge in [0.1, 0.15) is 5.75 Å². The summed E-state index contributed by atoms with van der Waals surface area (Å²) >= 11 is 3.40. The van der Waals surface area contributed by atoms with Gasteiger partial charge in [-0.1, -0.05) is 40.2 Å². The first-order chi connectivity index (χ1) is 12.0. The molecule has 1 heterocycles. The quantitative estimate of drug-likeness (QED) is 0.855. The van der Waals surface area contributed by atoms with Crippen LogP contribution in [0.1, 0.15) is 25.5 Å². The van der Waals surface area contributed by atoms with E-state index >= 15 is 0 Å². The Morgan fingerprint density at radius 1 is 1.20 bits per heavy atom. The molecule has 2 atom stereocenters. The normalized spacial score (nSPS) is 17.2. The topological polar surface area (TPSA) is 58.6 Å². The van der Waals surface area contributed by atoms with Crippen molar-refractivity contribution in [3.8, 4) is 5.75 Å². The van der Waals surface area contributed by atoms with Crippen LogP contribution in [0.3, 0.4) is 0 Å². The van der Waals surface area contributed by atoms with Crippen molar-refractivity contribution in [3.05, 3.63) is 58.6 Å². The zero-order valence-electron chi connectivity index (χ0n) is 14.0. The number of para-hydroxylation sites is 2. The summed E-state index contributed by atoms with van der Waals surface area (Å²) in [5, 5.41) is 2.96. The number of ether oxygens (including phenoxy) is 1. The SMILES string of the molecule is CC(=O)N1CC(C(=O)NC(C)c2ccc(Br)cc2)Oc2ccccc21. The fourth-order valence-corrected chi connectivity index (χ4v) is 3.07. The number of hydrogen-bond acceptors (Lipinski definition) is 3. The monoisotopic (exact) mass is 402 g/mol. The predicted molar refractivity (Wildman–Crippen MR) is 99.6 cm³/mol. The summed E-state index contributed by atoms with van der Waals surface area (Å²) in [6.07, 6.45) is -0.739. The number of fused-ring (bicyclic) bond motifs is 1. The van der Waals surface area contributed by atoms with Crippen molar-refractivity contribution >= 4 is 33.4 Å². The van der Waals surface area contributed by atoms with Crippen LogP contribution >= 0.6 is 15.9 Å². The van der Waals surface area contributed by atoms with Gasteiger partial charge in [-0.15, -0.1) is 0 Å². The maximum absolute atomic E-state index is 12.6. The number of nitrogens with zero attached hydrogens (tertiary/aromatic N) is 1. The van der Waals surface area contributed by atoms with Gasteiger partial charge in [0.25, 0.3) is 5.91 Å². The summed E-state index contributed by atoms with van der Waals surface area (Å²) in [6.45, 7) is 3.60. The smallest absolute Gasteiger partial charge is 0.263 e. The Kier molecular flexibility index (Phi) is 5.08. The summed E-state index contributed by atoms with van der Waals surface area (Å²) in [4.78, 5) is 26.2. The van der Waals surface area contributed by atoms with Crippen molar-refractivity contribution < 1.29 is 14.3 Å². The van der Waals surface area contributed by atoms with Crippen LogP contribution in [-0.4, -0.2) is 24.5 Å². The number of carbonyl (C=O) groups excluding carboxylic acids is 2. The molecule has 2 unspecified atom stereocenters. The molecule has 25 heavy (non-hydrogen) atoms. The van der Waals surface area contributed by atoms with Crippen molar-refractivity contribution in [2.24, 2.45) is 0 Å². The van der Waals surface area contributed by atoms with Crippen LogP contribution in [0.4, 0.5) is 5.69 Å². The minimum atomic E-state index is -0.739. The first-order valence-electron chi connectivity index (χ1n) is 8.05. The molecule has 2 amide bonds. The van der Waals surface area contributed by atoms with E-state index in [2.05, 4.69) is 21.2 Å². The second-order valence-electron chi connectivity index (χ2n) is 5.99. The Balaban J connectivity index is 1.74. The highest BCUT2D eigenvalue weighted by Gasteiger charge is 2.33. The second-order valence-corrected chi connectivity index (χ2v) is 6.90. The van der Waals surface area contributed by atoms with Gasteiger partial charge >= 0.3 is 0 Å². The third kappa shape index (κ3) is 3.85. The molecular weight excluding hydrogens is 384 g/mol. The highest BCUT2D eigenvalue weighted by atomic mass is 79.9. The van der Waals surface area contributed by atoms with E-state index in [-0.39, 0.29) is 24.4 Å². The lowest BCUT2D eigenvalue weighted by Crippen LogP contribution is -2.50. The molecule has 0 bridgehead atoms. The van der Waals surface area contributed by atoms with E-state index in [1.165, 1.54) is 6.92 Å². The molecule has 0 aromatic heterocycles. The molecule has 0 aliphatic carbocycles. The molecule has 1 aliphatic rings. The van der Waals surface area contributed by atoms with Crippen molar-refractivity contribution in [2.75, 3.05) is 11.4 Å². The van der Waals surface area contributed by atoms with Crippen LogP contribution in [0.25, 0.3) is 0 Å². The van der Waals surface area contributed by atoms with E-state index in [1.807, 2.05) is 49.4 Å². The minimum absolute atomic E-state index is 0.116. The molecular formula is C19H19BrN2O3. The largest absolute Gasteiger partial charge is 0.477 e. The molecule has 3 rings (SSSR count). The Hall–Kier alpha value is -2.34. The molecule has 1 aliphatic heterocycles. The maximum Gasteiger partial charge on any atom is 0.263 e. The van der Waals surface area contributed by atoms with E-state index in [4.69, 9.17) is 4.74 Å². The van der Waals surface area contributed by atoms with Gasteiger partial charge in [0.2, 0.25) is 5.91 Å². The van der Waals surface area contributed by atoms with Gasteiger partial charge in [-0.2, -0.15) is 0 Å². The number of halogens is 1. The number of amides is 2. The molecule has 0 spiro atoms.